The van der Waals surface area contributed by atoms with Gasteiger partial charge in [-0.3, -0.25) is 4.79 Å². The van der Waals surface area contributed by atoms with Crippen LogP contribution in [0.5, 0.6) is 0 Å². The fourth-order valence-electron chi connectivity index (χ4n) is 2.96. The minimum Gasteiger partial charge on any atom is -0.355 e. The van der Waals surface area contributed by atoms with Gasteiger partial charge in [0.25, 0.3) is 5.91 Å². The summed E-state index contributed by atoms with van der Waals surface area (Å²) >= 11 is 0. The summed E-state index contributed by atoms with van der Waals surface area (Å²) in [7, 11) is 0. The molecule has 4 rings (SSSR count). The minimum absolute atomic E-state index is 0.0822. The maximum Gasteiger partial charge on any atom is 0.273 e. The van der Waals surface area contributed by atoms with Crippen molar-refractivity contribution in [3.05, 3.63) is 53.8 Å². The van der Waals surface area contributed by atoms with Crippen LogP contribution in [-0.2, 0) is 0 Å². The third-order valence-electron chi connectivity index (χ3n) is 4.60. The van der Waals surface area contributed by atoms with Crippen molar-refractivity contribution in [3.8, 4) is 11.3 Å². The fraction of sp³-hybridized carbons (Fsp3) is 0.368. The molecule has 1 N–H and O–H groups in total. The molecule has 134 valence electrons. The minimum atomic E-state index is -0.229. The van der Waals surface area contributed by atoms with Gasteiger partial charge in [0.05, 0.1) is 0 Å². The van der Waals surface area contributed by atoms with Gasteiger partial charge < -0.3 is 14.4 Å². The summed E-state index contributed by atoms with van der Waals surface area (Å²) in [5.41, 5.74) is 1.17. The number of carbonyl (C=O) groups is 1. The van der Waals surface area contributed by atoms with Crippen LogP contribution in [0.4, 0.5) is 0 Å². The first kappa shape index (κ1) is 16.5. The van der Waals surface area contributed by atoms with Crippen LogP contribution in [0.2, 0.25) is 0 Å². The zero-order valence-corrected chi connectivity index (χ0v) is 14.7. The van der Waals surface area contributed by atoms with Crippen molar-refractivity contribution in [2.24, 2.45) is 0 Å². The van der Waals surface area contributed by atoms with Crippen molar-refractivity contribution in [2.45, 2.75) is 44.6 Å². The topological polar surface area (TPSA) is 94.1 Å². The van der Waals surface area contributed by atoms with Gasteiger partial charge >= 0.3 is 0 Å². The van der Waals surface area contributed by atoms with E-state index < -0.39 is 0 Å². The van der Waals surface area contributed by atoms with Gasteiger partial charge in [-0.1, -0.05) is 54.5 Å². The largest absolute Gasteiger partial charge is 0.355 e. The lowest BCUT2D eigenvalue weighted by atomic mass is 9.80. The van der Waals surface area contributed by atoms with E-state index in [1.165, 1.54) is 0 Å². The Morgan fingerprint density at radius 1 is 1.15 bits per heavy atom. The van der Waals surface area contributed by atoms with Gasteiger partial charge in [-0.2, -0.15) is 4.98 Å². The van der Waals surface area contributed by atoms with Crippen LogP contribution in [0.3, 0.4) is 0 Å². The Hall–Kier alpha value is -2.96. The highest BCUT2D eigenvalue weighted by atomic mass is 16.5. The van der Waals surface area contributed by atoms with Crippen molar-refractivity contribution in [1.82, 2.24) is 20.6 Å². The Balaban J connectivity index is 1.33. The Kier molecular flexibility index (Phi) is 4.28. The lowest BCUT2D eigenvalue weighted by molar-refractivity contribution is 0.0892. The van der Waals surface area contributed by atoms with Gasteiger partial charge in [0, 0.05) is 29.5 Å². The molecule has 1 amide bonds. The molecule has 3 aromatic rings. The Labute approximate surface area is 150 Å². The van der Waals surface area contributed by atoms with Crippen LogP contribution in [0, 0.1) is 0 Å². The molecule has 0 aliphatic heterocycles. The van der Waals surface area contributed by atoms with Crippen LogP contribution < -0.4 is 5.32 Å². The van der Waals surface area contributed by atoms with E-state index in [-0.39, 0.29) is 29.5 Å². The van der Waals surface area contributed by atoms with Crippen molar-refractivity contribution in [2.75, 3.05) is 0 Å². The van der Waals surface area contributed by atoms with E-state index in [2.05, 4.69) is 20.6 Å². The van der Waals surface area contributed by atoms with Gasteiger partial charge in [0.2, 0.25) is 5.89 Å². The van der Waals surface area contributed by atoms with Gasteiger partial charge in [0.15, 0.2) is 17.3 Å². The average molecular weight is 352 g/mol. The standard InChI is InChI=1S/C19H20N4O3/c1-11(2)17-21-19(26-23-17)13-8-14(9-13)20-18(24)15-10-16(25-22-15)12-6-4-3-5-7-12/h3-7,10-11,13-14H,8-9H2,1-2H3,(H,20,24)/t13-,14+. The Morgan fingerprint density at radius 2 is 1.92 bits per heavy atom. The first-order valence-corrected chi connectivity index (χ1v) is 8.76. The second kappa shape index (κ2) is 6.74. The van der Waals surface area contributed by atoms with E-state index in [1.807, 2.05) is 44.2 Å². The van der Waals surface area contributed by atoms with Crippen molar-refractivity contribution < 1.29 is 13.8 Å². The van der Waals surface area contributed by atoms with Gasteiger partial charge in [-0.05, 0) is 12.8 Å². The highest BCUT2D eigenvalue weighted by Gasteiger charge is 2.36. The monoisotopic (exact) mass is 352 g/mol. The van der Waals surface area contributed by atoms with E-state index in [1.54, 1.807) is 6.07 Å². The van der Waals surface area contributed by atoms with Crippen molar-refractivity contribution in [1.29, 1.82) is 0 Å². The number of hydrogen-bond acceptors (Lipinski definition) is 6. The van der Waals surface area contributed by atoms with Gasteiger partial charge in [-0.15, -0.1) is 0 Å². The van der Waals surface area contributed by atoms with Gasteiger partial charge in [0.1, 0.15) is 0 Å². The first-order chi connectivity index (χ1) is 12.6. The molecule has 0 bridgehead atoms. The van der Waals surface area contributed by atoms with Crippen LogP contribution in [-0.4, -0.2) is 27.2 Å². The molecule has 1 saturated carbocycles. The number of amides is 1. The predicted octanol–water partition coefficient (Wildman–Crippen LogP) is 3.52. The van der Waals surface area contributed by atoms with E-state index in [0.717, 1.165) is 24.2 Å². The Bertz CT molecular complexity index is 894. The lowest BCUT2D eigenvalue weighted by Gasteiger charge is -2.33. The summed E-state index contributed by atoms with van der Waals surface area (Å²) < 4.78 is 10.6. The molecule has 1 aliphatic rings. The van der Waals surface area contributed by atoms with Gasteiger partial charge in [-0.25, -0.2) is 0 Å². The fourth-order valence-corrected chi connectivity index (χ4v) is 2.96. The van der Waals surface area contributed by atoms with Crippen LogP contribution >= 0.6 is 0 Å². The average Bonchev–Trinajstić information content (AvgIpc) is 3.28. The molecule has 0 unspecified atom stereocenters. The summed E-state index contributed by atoms with van der Waals surface area (Å²) in [5, 5.41) is 10.8. The number of rotatable bonds is 5. The molecule has 1 aromatic carbocycles. The zero-order valence-electron chi connectivity index (χ0n) is 14.7. The van der Waals surface area contributed by atoms with E-state index >= 15 is 0 Å². The number of hydrogen-bond donors (Lipinski definition) is 1. The third-order valence-corrected chi connectivity index (χ3v) is 4.60. The van der Waals surface area contributed by atoms with E-state index in [4.69, 9.17) is 9.05 Å². The number of nitrogens with zero attached hydrogens (tertiary/aromatic N) is 3. The number of nitrogens with one attached hydrogen (secondary N) is 1. The second-order valence-corrected chi connectivity index (χ2v) is 6.93. The quantitative estimate of drug-likeness (QED) is 0.755. The molecule has 26 heavy (non-hydrogen) atoms. The molecule has 2 heterocycles. The summed E-state index contributed by atoms with van der Waals surface area (Å²) in [6, 6.07) is 11.3. The number of carbonyl (C=O) groups excluding carboxylic acids is 1. The molecule has 7 heteroatoms. The summed E-state index contributed by atoms with van der Waals surface area (Å²) in [6.07, 6.45) is 1.57. The molecular formula is C19H20N4O3. The summed E-state index contributed by atoms with van der Waals surface area (Å²) in [4.78, 5) is 16.8. The van der Waals surface area contributed by atoms with E-state index in [9.17, 15) is 4.79 Å². The summed E-state index contributed by atoms with van der Waals surface area (Å²) in [6.45, 7) is 4.06. The van der Waals surface area contributed by atoms with Crippen LogP contribution in [0.25, 0.3) is 11.3 Å². The number of benzene rings is 1. The smallest absolute Gasteiger partial charge is 0.273 e. The lowest BCUT2D eigenvalue weighted by Crippen LogP contribution is -2.43. The third kappa shape index (κ3) is 3.24. The molecule has 1 aliphatic carbocycles. The van der Waals surface area contributed by atoms with Crippen LogP contribution in [0.1, 0.15) is 60.7 Å². The molecule has 0 spiro atoms. The first-order valence-electron chi connectivity index (χ1n) is 8.76. The SMILES string of the molecule is CC(C)c1noc([C@H]2C[C@@H](NC(=O)c3cc(-c4ccccc4)on3)C2)n1. The zero-order chi connectivity index (χ0) is 18.1. The maximum atomic E-state index is 12.3. The second-order valence-electron chi connectivity index (χ2n) is 6.93. The molecule has 1 fully saturated rings. The normalized spacial score (nSPS) is 19.3. The van der Waals surface area contributed by atoms with Crippen molar-refractivity contribution >= 4 is 5.91 Å². The highest BCUT2D eigenvalue weighted by molar-refractivity contribution is 5.93. The van der Waals surface area contributed by atoms with E-state index in [0.29, 0.717) is 11.7 Å². The predicted molar refractivity (Wildman–Crippen MR) is 93.6 cm³/mol. The maximum absolute atomic E-state index is 12.3. The molecule has 0 radical (unpaired) electrons. The Morgan fingerprint density at radius 3 is 2.62 bits per heavy atom. The highest BCUT2D eigenvalue weighted by Crippen LogP contribution is 2.36. The molecule has 0 atom stereocenters. The molecule has 2 aromatic heterocycles. The summed E-state index contributed by atoms with van der Waals surface area (Å²) in [5.74, 6) is 2.18. The van der Waals surface area contributed by atoms with Crippen molar-refractivity contribution in [3.63, 3.8) is 0 Å². The molecule has 0 saturated heterocycles. The number of aromatic nitrogens is 3. The molecule has 7 nitrogen and oxygen atoms in total. The molecular weight excluding hydrogens is 332 g/mol. The van der Waals surface area contributed by atoms with Crippen LogP contribution in [0.15, 0.2) is 45.4 Å².